The van der Waals surface area contributed by atoms with Crippen LogP contribution in [0.25, 0.3) is 0 Å². The van der Waals surface area contributed by atoms with Gasteiger partial charge in [-0.15, -0.1) is 0 Å². The van der Waals surface area contributed by atoms with Gasteiger partial charge in [0.25, 0.3) is 5.91 Å². The van der Waals surface area contributed by atoms with Crippen LogP contribution in [0.3, 0.4) is 0 Å². The predicted octanol–water partition coefficient (Wildman–Crippen LogP) is 0.0381. The summed E-state index contributed by atoms with van der Waals surface area (Å²) in [5, 5.41) is 11.6. The first-order valence-electron chi connectivity index (χ1n) is 6.03. The monoisotopic (exact) mass is 273 g/mol. The first-order valence-corrected chi connectivity index (χ1v) is 6.03. The van der Waals surface area contributed by atoms with Crippen molar-refractivity contribution in [2.24, 2.45) is 0 Å². The quantitative estimate of drug-likeness (QED) is 0.576. The van der Waals surface area contributed by atoms with Gasteiger partial charge < -0.3 is 16.4 Å². The Balaban J connectivity index is 1.75. The van der Waals surface area contributed by atoms with E-state index in [1.165, 1.54) is 0 Å². The van der Waals surface area contributed by atoms with Gasteiger partial charge in [-0.3, -0.25) is 14.7 Å². The van der Waals surface area contributed by atoms with Gasteiger partial charge in [-0.1, -0.05) is 0 Å². The Kier molecular flexibility index (Phi) is 4.33. The zero-order valence-corrected chi connectivity index (χ0v) is 10.7. The number of aromatic amines is 1. The summed E-state index contributed by atoms with van der Waals surface area (Å²) < 4.78 is 0. The largest absolute Gasteiger partial charge is 0.399 e. The Hall–Kier alpha value is -2.83. The molecule has 0 radical (unpaired) electrons. The van der Waals surface area contributed by atoms with Crippen molar-refractivity contribution in [1.29, 1.82) is 0 Å². The third kappa shape index (κ3) is 3.84. The summed E-state index contributed by atoms with van der Waals surface area (Å²) in [6.07, 6.45) is 3.31. The maximum atomic E-state index is 11.7. The zero-order valence-electron chi connectivity index (χ0n) is 10.7. The molecule has 1 heterocycles. The first kappa shape index (κ1) is 13.6. The maximum absolute atomic E-state index is 11.7. The topological polar surface area (TPSA) is 113 Å². The lowest BCUT2D eigenvalue weighted by Crippen LogP contribution is -2.36. The summed E-state index contributed by atoms with van der Waals surface area (Å²) >= 11 is 0. The van der Waals surface area contributed by atoms with E-state index in [0.717, 1.165) is 5.56 Å². The van der Waals surface area contributed by atoms with E-state index in [-0.39, 0.29) is 18.4 Å². The van der Waals surface area contributed by atoms with Crippen LogP contribution in [0.5, 0.6) is 0 Å². The highest BCUT2D eigenvalue weighted by molar-refractivity contribution is 5.96. The summed E-state index contributed by atoms with van der Waals surface area (Å²) in [6, 6.07) is 6.48. The standard InChI is InChI=1S/C13H15N5O2/c14-11-3-1-10(2-4-11)13(20)16-8-12(19)15-5-9-6-17-18-7-9/h1-4,6-7H,5,8,14H2,(H,15,19)(H,16,20)(H,17,18). The fourth-order valence-electron chi connectivity index (χ4n) is 1.53. The number of anilines is 1. The predicted molar refractivity (Wildman–Crippen MR) is 73.6 cm³/mol. The number of hydrogen-bond acceptors (Lipinski definition) is 4. The van der Waals surface area contributed by atoms with Crippen LogP contribution in [0.15, 0.2) is 36.7 Å². The third-order valence-corrected chi connectivity index (χ3v) is 2.63. The molecular formula is C13H15N5O2. The van der Waals surface area contributed by atoms with Crippen LogP contribution in [-0.4, -0.2) is 28.6 Å². The molecule has 0 aliphatic carbocycles. The van der Waals surface area contributed by atoms with Crippen LogP contribution in [0.1, 0.15) is 15.9 Å². The molecule has 2 amide bonds. The minimum absolute atomic E-state index is 0.0823. The number of carbonyl (C=O) groups excluding carboxylic acids is 2. The van der Waals surface area contributed by atoms with E-state index in [9.17, 15) is 9.59 Å². The Morgan fingerprint density at radius 1 is 1.20 bits per heavy atom. The summed E-state index contributed by atoms with van der Waals surface area (Å²) in [5.41, 5.74) is 7.44. The number of nitrogen functional groups attached to an aromatic ring is 1. The second-order valence-corrected chi connectivity index (χ2v) is 4.19. The summed E-state index contributed by atoms with van der Waals surface area (Å²) in [5.74, 6) is -0.585. The number of aromatic nitrogens is 2. The van der Waals surface area contributed by atoms with Crippen LogP contribution < -0.4 is 16.4 Å². The molecule has 0 saturated carbocycles. The van der Waals surface area contributed by atoms with E-state index in [0.29, 0.717) is 17.8 Å². The van der Waals surface area contributed by atoms with Crippen molar-refractivity contribution in [2.75, 3.05) is 12.3 Å². The molecule has 0 aliphatic heterocycles. The molecule has 0 fully saturated rings. The highest BCUT2D eigenvalue weighted by atomic mass is 16.2. The number of nitrogens with two attached hydrogens (primary N) is 1. The average molecular weight is 273 g/mol. The number of hydrogen-bond donors (Lipinski definition) is 4. The van der Waals surface area contributed by atoms with Crippen molar-refractivity contribution in [1.82, 2.24) is 20.8 Å². The van der Waals surface area contributed by atoms with Gasteiger partial charge in [-0.2, -0.15) is 5.10 Å². The normalized spacial score (nSPS) is 10.0. The molecule has 0 unspecified atom stereocenters. The van der Waals surface area contributed by atoms with E-state index >= 15 is 0 Å². The van der Waals surface area contributed by atoms with E-state index in [1.54, 1.807) is 36.7 Å². The van der Waals surface area contributed by atoms with Gasteiger partial charge in [0.2, 0.25) is 5.91 Å². The SMILES string of the molecule is Nc1ccc(C(=O)NCC(=O)NCc2cn[nH]c2)cc1. The Morgan fingerprint density at radius 3 is 2.60 bits per heavy atom. The zero-order chi connectivity index (χ0) is 14.4. The Labute approximate surface area is 115 Å². The minimum Gasteiger partial charge on any atom is -0.399 e. The van der Waals surface area contributed by atoms with E-state index < -0.39 is 0 Å². The van der Waals surface area contributed by atoms with Gasteiger partial charge in [-0.25, -0.2) is 0 Å². The molecule has 7 nitrogen and oxygen atoms in total. The minimum atomic E-state index is -0.316. The van der Waals surface area contributed by atoms with Gasteiger partial charge in [0.15, 0.2) is 0 Å². The summed E-state index contributed by atoms with van der Waals surface area (Å²) in [4.78, 5) is 23.3. The van der Waals surface area contributed by atoms with E-state index in [1.807, 2.05) is 0 Å². The number of nitrogens with one attached hydrogen (secondary N) is 3. The second kappa shape index (κ2) is 6.37. The van der Waals surface area contributed by atoms with Gasteiger partial charge in [0, 0.05) is 29.6 Å². The number of rotatable bonds is 5. The molecule has 2 rings (SSSR count). The number of nitrogens with zero attached hydrogens (tertiary/aromatic N) is 1. The highest BCUT2D eigenvalue weighted by Gasteiger charge is 2.07. The summed E-state index contributed by atoms with van der Waals surface area (Å²) in [6.45, 7) is 0.286. The molecule has 5 N–H and O–H groups in total. The van der Waals surface area contributed by atoms with Crippen LogP contribution >= 0.6 is 0 Å². The van der Waals surface area contributed by atoms with Crippen LogP contribution in [0, 0.1) is 0 Å². The fourth-order valence-corrected chi connectivity index (χ4v) is 1.53. The number of amides is 2. The third-order valence-electron chi connectivity index (χ3n) is 2.63. The van der Waals surface area contributed by atoms with Crippen molar-refractivity contribution in [3.8, 4) is 0 Å². The lowest BCUT2D eigenvalue weighted by Gasteiger charge is -2.06. The first-order chi connectivity index (χ1) is 9.65. The molecule has 0 bridgehead atoms. The molecule has 0 aliphatic rings. The van der Waals surface area contributed by atoms with Crippen LogP contribution in [-0.2, 0) is 11.3 Å². The van der Waals surface area contributed by atoms with E-state index in [4.69, 9.17) is 5.73 Å². The number of carbonyl (C=O) groups is 2. The highest BCUT2D eigenvalue weighted by Crippen LogP contribution is 2.04. The van der Waals surface area contributed by atoms with Crippen molar-refractivity contribution in [3.63, 3.8) is 0 Å². The smallest absolute Gasteiger partial charge is 0.251 e. The Bertz CT molecular complexity index is 577. The molecule has 0 saturated heterocycles. The van der Waals surface area contributed by atoms with Crippen molar-refractivity contribution in [3.05, 3.63) is 47.8 Å². The molecule has 7 heteroatoms. The number of H-pyrrole nitrogens is 1. The Morgan fingerprint density at radius 2 is 1.95 bits per heavy atom. The summed E-state index contributed by atoms with van der Waals surface area (Å²) in [7, 11) is 0. The molecule has 104 valence electrons. The molecular weight excluding hydrogens is 258 g/mol. The lowest BCUT2D eigenvalue weighted by atomic mass is 10.2. The molecule has 0 atom stereocenters. The van der Waals surface area contributed by atoms with Gasteiger partial charge in [-0.05, 0) is 24.3 Å². The molecule has 1 aromatic carbocycles. The van der Waals surface area contributed by atoms with Crippen molar-refractivity contribution in [2.45, 2.75) is 6.54 Å². The van der Waals surface area contributed by atoms with Gasteiger partial charge in [0.1, 0.15) is 0 Å². The number of benzene rings is 1. The van der Waals surface area contributed by atoms with Crippen LogP contribution in [0.4, 0.5) is 5.69 Å². The fraction of sp³-hybridized carbons (Fsp3) is 0.154. The van der Waals surface area contributed by atoms with Gasteiger partial charge >= 0.3 is 0 Å². The van der Waals surface area contributed by atoms with E-state index in [2.05, 4.69) is 20.8 Å². The molecule has 0 spiro atoms. The van der Waals surface area contributed by atoms with Gasteiger partial charge in [0.05, 0.1) is 12.7 Å². The molecule has 2 aromatic rings. The molecule has 1 aromatic heterocycles. The lowest BCUT2D eigenvalue weighted by molar-refractivity contribution is -0.120. The molecule has 20 heavy (non-hydrogen) atoms. The van der Waals surface area contributed by atoms with Crippen molar-refractivity contribution < 1.29 is 9.59 Å². The van der Waals surface area contributed by atoms with Crippen molar-refractivity contribution >= 4 is 17.5 Å². The second-order valence-electron chi connectivity index (χ2n) is 4.19. The average Bonchev–Trinajstić information content (AvgIpc) is 2.96. The maximum Gasteiger partial charge on any atom is 0.251 e. The van der Waals surface area contributed by atoms with Crippen LogP contribution in [0.2, 0.25) is 0 Å².